The number of phenols is 1. The first-order valence-electron chi connectivity index (χ1n) is 19.2. The predicted octanol–water partition coefficient (Wildman–Crippen LogP) is 6.73. The minimum absolute atomic E-state index is 0.0808. The molecule has 0 aliphatic carbocycles. The number of fused-ring (bicyclic) bond motifs is 2. The van der Waals surface area contributed by atoms with Crippen molar-refractivity contribution >= 4 is 121 Å². The normalized spacial score (nSPS) is 11.2. The molecule has 5 aromatic carbocycles. The monoisotopic (exact) mass is 1080 g/mol. The maximum Gasteiger partial charge on any atom is 0.425 e. The molecule has 7 aromatic rings. The molecular formula is C40H29N9O20S4. The fraction of sp³-hybridized carbons (Fsp3) is 0.100. The summed E-state index contributed by atoms with van der Waals surface area (Å²) in [6, 6.07) is 18.2. The minimum atomic E-state index is -5.09. The molecule has 2 heterocycles. The first kappa shape index (κ1) is 56.4. The van der Waals surface area contributed by atoms with Gasteiger partial charge in [-0.25, -0.2) is 14.6 Å². The number of aromatic nitrogens is 3. The van der Waals surface area contributed by atoms with E-state index in [2.05, 4.69) is 40.8 Å². The molecule has 0 amide bonds. The molecule has 0 saturated heterocycles. The number of aromatic carboxylic acids is 2. The molecule has 29 nitrogen and oxygen atoms in total. The highest BCUT2D eigenvalue weighted by atomic mass is 32.2. The predicted molar refractivity (Wildman–Crippen MR) is 244 cm³/mol. The number of phenolic OH excluding ortho intramolecular Hbond substituents is 1. The zero-order chi connectivity index (χ0) is 54.2. The van der Waals surface area contributed by atoms with Crippen molar-refractivity contribution in [2.45, 2.75) is 18.2 Å². The Hall–Kier alpha value is -9.20. The number of aromatic hydroxyl groups is 2. The van der Waals surface area contributed by atoms with Crippen LogP contribution in [0.25, 0.3) is 26.7 Å². The Morgan fingerprint density at radius 3 is 1.86 bits per heavy atom. The summed E-state index contributed by atoms with van der Waals surface area (Å²) < 4.78 is 100. The summed E-state index contributed by atoms with van der Waals surface area (Å²) in [6.45, 7) is 1.53. The SMILES string of the molecule is Cc1cc(N=Nc2ccc3c(S(=O)(=O)O)c(N=Nc4cnn(-c5cc(C(=O)O)cc(C(=O)O)c5)c4O)ccc3c2O)c(OCCCS(=O)(=O)O)cc1N=Nc1nc2ccccc2s1.O=C=O.O=C=O.O=S(=O)=O. The summed E-state index contributed by atoms with van der Waals surface area (Å²) in [5, 5.41) is 69.5. The lowest BCUT2D eigenvalue weighted by Crippen LogP contribution is -2.08. The van der Waals surface area contributed by atoms with Gasteiger partial charge in [0.2, 0.25) is 11.0 Å². The third-order valence-electron chi connectivity index (χ3n) is 8.86. The van der Waals surface area contributed by atoms with Crippen molar-refractivity contribution in [2.24, 2.45) is 30.7 Å². The highest BCUT2D eigenvalue weighted by molar-refractivity contribution is 7.86. The molecule has 0 saturated carbocycles. The van der Waals surface area contributed by atoms with Gasteiger partial charge in [-0.2, -0.15) is 45.8 Å². The fourth-order valence-corrected chi connectivity index (χ4v) is 8.04. The number of carboxylic acids is 2. The van der Waals surface area contributed by atoms with Crippen LogP contribution in [0.2, 0.25) is 0 Å². The van der Waals surface area contributed by atoms with E-state index < -0.39 is 81.9 Å². The van der Waals surface area contributed by atoms with Crippen LogP contribution in [0.3, 0.4) is 0 Å². The first-order valence-corrected chi connectivity index (χ1v) is 24.0. The number of carbonyl (C=O) groups is 2. The van der Waals surface area contributed by atoms with E-state index in [4.69, 9.17) is 41.1 Å². The largest absolute Gasteiger partial charge is 0.505 e. The van der Waals surface area contributed by atoms with E-state index in [9.17, 15) is 51.4 Å². The molecule has 33 heteroatoms. The van der Waals surface area contributed by atoms with Crippen LogP contribution in [0.1, 0.15) is 32.7 Å². The van der Waals surface area contributed by atoms with Gasteiger partial charge in [0.05, 0.1) is 51.3 Å². The smallest absolute Gasteiger partial charge is 0.425 e. The van der Waals surface area contributed by atoms with E-state index in [-0.39, 0.29) is 64.6 Å². The number of rotatable bonds is 15. The van der Waals surface area contributed by atoms with Crippen molar-refractivity contribution in [1.29, 1.82) is 0 Å². The summed E-state index contributed by atoms with van der Waals surface area (Å²) in [7, 11) is -12.5. The molecule has 0 bridgehead atoms. The van der Waals surface area contributed by atoms with Gasteiger partial charge in [0, 0.05) is 16.8 Å². The number of ether oxygens (including phenoxy) is 1. The molecule has 6 N–H and O–H groups in total. The maximum absolute atomic E-state index is 12.7. The van der Waals surface area contributed by atoms with Gasteiger partial charge >= 0.3 is 34.9 Å². The van der Waals surface area contributed by atoms with Crippen LogP contribution in [-0.4, -0.2) is 110 Å². The number of thiazole rings is 1. The summed E-state index contributed by atoms with van der Waals surface area (Å²) in [6.07, 6.45) is 1.39. The standard InChI is InChI=1S/C38H29N9O13S3.2CO2.O3S/c1-19-13-29(31(60-11-4-12-62(54,55)56)17-28(19)43-46-38-40-25-5-2-3-6-32(25)61-38)44-41-26-9-8-24-23(33(26)48)7-10-27(34(24)63(57,58)59)42-45-30-18-39-47(35(30)49)22-15-20(36(50)51)14-21(16-22)37(52)53;2*2-1-3;1-4(2)3/h2-3,5-10,13-18,48-49H,4,11-12H2,1H3,(H,50,51)(H,52,53)(H,54,55,56)(H,57,58,59);;;. The third kappa shape index (κ3) is 15.6. The number of nitrogens with zero attached hydrogens (tertiary/aromatic N) is 9. The van der Waals surface area contributed by atoms with Crippen LogP contribution >= 0.6 is 11.3 Å². The second-order valence-electron chi connectivity index (χ2n) is 13.6. The van der Waals surface area contributed by atoms with Crippen LogP contribution in [0.4, 0.5) is 33.6 Å². The Kier molecular flexibility index (Phi) is 19.4. The number of carbonyl (C=O) groups excluding carboxylic acids is 4. The molecule has 378 valence electrons. The van der Waals surface area contributed by atoms with E-state index in [1.165, 1.54) is 35.6 Å². The van der Waals surface area contributed by atoms with E-state index in [1.807, 2.05) is 24.3 Å². The topological polar surface area (TPSA) is 457 Å². The second kappa shape index (κ2) is 25.1. The number of aryl methyl sites for hydroxylation is 1. The van der Waals surface area contributed by atoms with Crippen molar-refractivity contribution in [3.63, 3.8) is 0 Å². The van der Waals surface area contributed by atoms with Gasteiger partial charge in [-0.3, -0.25) is 9.11 Å². The Balaban J connectivity index is 0.00000106. The Bertz CT molecular complexity index is 3690. The van der Waals surface area contributed by atoms with E-state index in [0.29, 0.717) is 16.4 Å². The Labute approximate surface area is 412 Å². The summed E-state index contributed by atoms with van der Waals surface area (Å²) in [4.78, 5) is 59.3. The quantitative estimate of drug-likeness (QED) is 0.0352. The van der Waals surface area contributed by atoms with Crippen LogP contribution in [0, 0.1) is 6.92 Å². The first-order chi connectivity index (χ1) is 34.4. The van der Waals surface area contributed by atoms with E-state index in [1.54, 1.807) is 13.0 Å². The number of hydrogen-bond acceptors (Lipinski definition) is 25. The Morgan fingerprint density at radius 1 is 0.726 bits per heavy atom. The minimum Gasteiger partial charge on any atom is -0.505 e. The van der Waals surface area contributed by atoms with Gasteiger partial charge in [-0.1, -0.05) is 29.5 Å². The molecule has 0 fully saturated rings. The number of hydrogen-bond donors (Lipinski definition) is 6. The summed E-state index contributed by atoms with van der Waals surface area (Å²) >= 11 is 1.33. The molecular weight excluding hydrogens is 1050 g/mol. The van der Waals surface area contributed by atoms with Gasteiger partial charge in [0.15, 0.2) is 11.4 Å². The maximum atomic E-state index is 12.7. The molecule has 0 spiro atoms. The summed E-state index contributed by atoms with van der Waals surface area (Å²) in [5.74, 6) is -4.69. The van der Waals surface area contributed by atoms with Crippen molar-refractivity contribution in [2.75, 3.05) is 12.4 Å². The highest BCUT2D eigenvalue weighted by Crippen LogP contribution is 2.43. The molecule has 0 unspecified atom stereocenters. The van der Waals surface area contributed by atoms with Crippen molar-refractivity contribution in [3.8, 4) is 23.1 Å². The van der Waals surface area contributed by atoms with Gasteiger partial charge < -0.3 is 25.2 Å². The molecule has 0 atom stereocenters. The van der Waals surface area contributed by atoms with Gasteiger partial charge in [0.25, 0.3) is 20.2 Å². The Morgan fingerprint density at radius 2 is 1.27 bits per heavy atom. The average molecular weight is 1080 g/mol. The van der Waals surface area contributed by atoms with Crippen LogP contribution in [-0.2, 0) is 50.0 Å². The van der Waals surface area contributed by atoms with Gasteiger partial charge in [-0.05, 0) is 73.5 Å². The number of benzene rings is 5. The van der Waals surface area contributed by atoms with Crippen LogP contribution in [0.15, 0.2) is 121 Å². The van der Waals surface area contributed by atoms with E-state index in [0.717, 1.165) is 45.4 Å². The van der Waals surface area contributed by atoms with Crippen LogP contribution in [0.5, 0.6) is 17.4 Å². The lowest BCUT2D eigenvalue weighted by molar-refractivity contribution is -0.193. The van der Waals surface area contributed by atoms with Crippen molar-refractivity contribution in [3.05, 3.63) is 102 Å². The number of para-hydroxylation sites is 1. The van der Waals surface area contributed by atoms with Crippen molar-refractivity contribution < 1.29 is 92.5 Å². The molecule has 7 rings (SSSR count). The van der Waals surface area contributed by atoms with Crippen LogP contribution < -0.4 is 4.74 Å². The third-order valence-corrected chi connectivity index (χ3v) is 11.5. The number of carboxylic acid groups (broad SMARTS) is 2. The molecule has 0 radical (unpaired) electrons. The average Bonchev–Trinajstić information content (AvgIpc) is 3.91. The molecule has 73 heavy (non-hydrogen) atoms. The molecule has 0 aliphatic rings. The lowest BCUT2D eigenvalue weighted by atomic mass is 10.1. The molecule has 0 aliphatic heterocycles. The zero-order valence-corrected chi connectivity index (χ0v) is 39.5. The van der Waals surface area contributed by atoms with Gasteiger partial charge in [0.1, 0.15) is 27.7 Å². The van der Waals surface area contributed by atoms with Gasteiger partial charge in [-0.15, -0.1) is 43.3 Å². The van der Waals surface area contributed by atoms with E-state index >= 15 is 0 Å². The highest BCUT2D eigenvalue weighted by Gasteiger charge is 2.23. The molecule has 2 aromatic heterocycles. The summed E-state index contributed by atoms with van der Waals surface area (Å²) in [5.41, 5.74) is -0.209. The van der Waals surface area contributed by atoms with Crippen molar-refractivity contribution in [1.82, 2.24) is 14.8 Å². The lowest BCUT2D eigenvalue weighted by Gasteiger charge is -2.11. The fourth-order valence-electron chi connectivity index (χ4n) is 5.94. The number of azo groups is 3. The zero-order valence-electron chi connectivity index (χ0n) is 36.3. The second-order valence-corrected chi connectivity index (χ2v) is 17.9.